The number of esters is 1. The molecule has 1 N–H and O–H groups in total. The van der Waals surface area contributed by atoms with E-state index >= 15 is 0 Å². The van der Waals surface area contributed by atoms with Gasteiger partial charge in [0.05, 0.1) is 5.92 Å². The molecule has 0 saturated carbocycles. The highest BCUT2D eigenvalue weighted by atomic mass is 16.5. The predicted molar refractivity (Wildman–Crippen MR) is 99.6 cm³/mol. The number of anilines is 1. The van der Waals surface area contributed by atoms with E-state index < -0.39 is 0 Å². The van der Waals surface area contributed by atoms with Gasteiger partial charge in [0, 0.05) is 5.69 Å². The normalized spacial score (nSPS) is 11.8. The Morgan fingerprint density at radius 1 is 1.00 bits per heavy atom. The second-order valence-corrected chi connectivity index (χ2v) is 6.31. The van der Waals surface area contributed by atoms with Gasteiger partial charge in [0.15, 0.2) is 6.61 Å². The van der Waals surface area contributed by atoms with Crippen LogP contribution in [0, 0.1) is 0 Å². The molecule has 0 unspecified atom stereocenters. The van der Waals surface area contributed by atoms with Gasteiger partial charge in [-0.25, -0.2) is 0 Å². The molecule has 0 aromatic heterocycles. The van der Waals surface area contributed by atoms with Crippen molar-refractivity contribution >= 4 is 17.6 Å². The van der Waals surface area contributed by atoms with Crippen LogP contribution in [0.15, 0.2) is 54.6 Å². The molecule has 0 fully saturated rings. The summed E-state index contributed by atoms with van der Waals surface area (Å²) >= 11 is 0. The largest absolute Gasteiger partial charge is 0.455 e. The van der Waals surface area contributed by atoms with E-state index in [4.69, 9.17) is 4.74 Å². The Bertz CT molecular complexity index is 710. The summed E-state index contributed by atoms with van der Waals surface area (Å²) in [6.07, 6.45) is 0.626. The average molecular weight is 339 g/mol. The van der Waals surface area contributed by atoms with E-state index in [9.17, 15) is 9.59 Å². The Kier molecular flexibility index (Phi) is 6.75. The minimum absolute atomic E-state index is 0.284. The van der Waals surface area contributed by atoms with Gasteiger partial charge in [-0.05, 0) is 35.6 Å². The Morgan fingerprint density at radius 3 is 2.32 bits per heavy atom. The van der Waals surface area contributed by atoms with Crippen molar-refractivity contribution < 1.29 is 14.3 Å². The average Bonchev–Trinajstić information content (AvgIpc) is 2.62. The second-order valence-electron chi connectivity index (χ2n) is 6.31. The van der Waals surface area contributed by atoms with E-state index in [1.54, 1.807) is 0 Å². The molecule has 0 radical (unpaired) electrons. The molecule has 4 nitrogen and oxygen atoms in total. The first-order valence-corrected chi connectivity index (χ1v) is 8.62. The lowest BCUT2D eigenvalue weighted by atomic mass is 9.97. The predicted octanol–water partition coefficient (Wildman–Crippen LogP) is 4.49. The van der Waals surface area contributed by atoms with Crippen LogP contribution in [0.3, 0.4) is 0 Å². The minimum atomic E-state index is -0.375. The van der Waals surface area contributed by atoms with E-state index in [0.717, 1.165) is 11.1 Å². The van der Waals surface area contributed by atoms with Crippen LogP contribution in [0.4, 0.5) is 5.69 Å². The molecule has 0 aliphatic rings. The first-order chi connectivity index (χ1) is 12.0. The minimum Gasteiger partial charge on any atom is -0.455 e. The maximum atomic E-state index is 12.3. The molecule has 2 rings (SSSR count). The van der Waals surface area contributed by atoms with Crippen molar-refractivity contribution in [1.82, 2.24) is 0 Å². The highest BCUT2D eigenvalue weighted by Crippen LogP contribution is 2.21. The summed E-state index contributed by atoms with van der Waals surface area (Å²) in [6, 6.07) is 17.2. The van der Waals surface area contributed by atoms with Gasteiger partial charge in [0.1, 0.15) is 0 Å². The van der Waals surface area contributed by atoms with Crippen LogP contribution in [0.1, 0.15) is 50.2 Å². The van der Waals surface area contributed by atoms with Crippen LogP contribution in [0.2, 0.25) is 0 Å². The Morgan fingerprint density at radius 2 is 1.68 bits per heavy atom. The topological polar surface area (TPSA) is 55.4 Å². The third-order valence-corrected chi connectivity index (χ3v) is 4.08. The molecule has 132 valence electrons. The highest BCUT2D eigenvalue weighted by Gasteiger charge is 2.21. The fourth-order valence-corrected chi connectivity index (χ4v) is 2.63. The van der Waals surface area contributed by atoms with Crippen LogP contribution < -0.4 is 5.32 Å². The van der Waals surface area contributed by atoms with Crippen LogP contribution in [0.25, 0.3) is 0 Å². The van der Waals surface area contributed by atoms with Gasteiger partial charge in [0.2, 0.25) is 0 Å². The monoisotopic (exact) mass is 339 g/mol. The summed E-state index contributed by atoms with van der Waals surface area (Å²) in [4.78, 5) is 24.3. The zero-order valence-electron chi connectivity index (χ0n) is 15.0. The standard InChI is InChI=1S/C21H25NO3/c1-4-19(16-9-6-5-7-10-16)21(24)25-14-20(23)22-18-12-8-11-17(13-18)15(2)3/h5-13,15,19H,4,14H2,1-3H3,(H,22,23)/t19-/m1/s1. The van der Waals surface area contributed by atoms with E-state index in [2.05, 4.69) is 19.2 Å². The fourth-order valence-electron chi connectivity index (χ4n) is 2.63. The van der Waals surface area contributed by atoms with Crippen LogP contribution in [-0.4, -0.2) is 18.5 Å². The summed E-state index contributed by atoms with van der Waals surface area (Å²) in [5.41, 5.74) is 2.76. The van der Waals surface area contributed by atoms with Crippen molar-refractivity contribution in [3.8, 4) is 0 Å². The maximum Gasteiger partial charge on any atom is 0.313 e. The molecule has 0 aliphatic carbocycles. The van der Waals surface area contributed by atoms with Crippen molar-refractivity contribution in [3.63, 3.8) is 0 Å². The zero-order valence-corrected chi connectivity index (χ0v) is 15.0. The molecule has 1 amide bonds. The molecule has 1 atom stereocenters. The van der Waals surface area contributed by atoms with Crippen molar-refractivity contribution in [3.05, 3.63) is 65.7 Å². The quantitative estimate of drug-likeness (QED) is 0.756. The van der Waals surface area contributed by atoms with Crippen molar-refractivity contribution in [2.24, 2.45) is 0 Å². The number of nitrogens with one attached hydrogen (secondary N) is 1. The number of carbonyl (C=O) groups excluding carboxylic acids is 2. The van der Waals surface area contributed by atoms with Gasteiger partial charge in [-0.2, -0.15) is 0 Å². The molecule has 25 heavy (non-hydrogen) atoms. The number of hydrogen-bond acceptors (Lipinski definition) is 3. The Hall–Kier alpha value is -2.62. The van der Waals surface area contributed by atoms with Gasteiger partial charge in [-0.15, -0.1) is 0 Å². The molecule has 2 aromatic carbocycles. The van der Waals surface area contributed by atoms with E-state index in [-0.39, 0.29) is 24.4 Å². The SMILES string of the molecule is CC[C@@H](C(=O)OCC(=O)Nc1cccc(C(C)C)c1)c1ccccc1. The summed E-state index contributed by atoms with van der Waals surface area (Å²) in [6.45, 7) is 5.83. The molecule has 4 heteroatoms. The van der Waals surface area contributed by atoms with Gasteiger partial charge in [-0.1, -0.05) is 63.2 Å². The molecule has 0 aliphatic heterocycles. The van der Waals surface area contributed by atoms with Crippen molar-refractivity contribution in [1.29, 1.82) is 0 Å². The fraction of sp³-hybridized carbons (Fsp3) is 0.333. The summed E-state index contributed by atoms with van der Waals surface area (Å²) in [5.74, 6) is -0.680. The lowest BCUT2D eigenvalue weighted by Gasteiger charge is -2.14. The lowest BCUT2D eigenvalue weighted by Crippen LogP contribution is -2.24. The van der Waals surface area contributed by atoms with E-state index in [1.165, 1.54) is 0 Å². The third kappa shape index (κ3) is 5.45. The Labute approximate surface area is 149 Å². The smallest absolute Gasteiger partial charge is 0.313 e. The highest BCUT2D eigenvalue weighted by molar-refractivity contribution is 5.93. The lowest BCUT2D eigenvalue weighted by molar-refractivity contribution is -0.149. The number of benzene rings is 2. The molecular weight excluding hydrogens is 314 g/mol. The molecule has 2 aromatic rings. The summed E-state index contributed by atoms with van der Waals surface area (Å²) in [5, 5.41) is 2.77. The van der Waals surface area contributed by atoms with Crippen molar-refractivity contribution in [2.75, 3.05) is 11.9 Å². The maximum absolute atomic E-state index is 12.3. The molecule has 0 spiro atoms. The number of carbonyl (C=O) groups is 2. The second kappa shape index (κ2) is 9.02. The van der Waals surface area contributed by atoms with E-state index in [1.807, 2.05) is 61.5 Å². The van der Waals surface area contributed by atoms with E-state index in [0.29, 0.717) is 18.0 Å². The third-order valence-electron chi connectivity index (χ3n) is 4.08. The number of amides is 1. The zero-order chi connectivity index (χ0) is 18.2. The number of rotatable bonds is 7. The summed E-state index contributed by atoms with van der Waals surface area (Å²) < 4.78 is 5.21. The Balaban J connectivity index is 1.91. The number of ether oxygens (including phenoxy) is 1. The van der Waals surface area contributed by atoms with Gasteiger partial charge >= 0.3 is 5.97 Å². The van der Waals surface area contributed by atoms with Crippen LogP contribution in [-0.2, 0) is 14.3 Å². The van der Waals surface area contributed by atoms with Gasteiger partial charge in [0.25, 0.3) is 5.91 Å². The van der Waals surface area contributed by atoms with Crippen LogP contribution in [0.5, 0.6) is 0 Å². The number of hydrogen-bond donors (Lipinski definition) is 1. The molecule has 0 heterocycles. The summed E-state index contributed by atoms with van der Waals surface area (Å²) in [7, 11) is 0. The van der Waals surface area contributed by atoms with Crippen molar-refractivity contribution in [2.45, 2.75) is 39.0 Å². The van der Waals surface area contributed by atoms with Gasteiger partial charge < -0.3 is 10.1 Å². The molecular formula is C21H25NO3. The first-order valence-electron chi connectivity index (χ1n) is 8.62. The molecule has 0 bridgehead atoms. The van der Waals surface area contributed by atoms with Gasteiger partial charge in [-0.3, -0.25) is 9.59 Å². The van der Waals surface area contributed by atoms with Crippen LogP contribution >= 0.6 is 0 Å². The molecule has 0 saturated heterocycles. The first kappa shape index (κ1) is 18.7.